The van der Waals surface area contributed by atoms with E-state index >= 15 is 0 Å². The Morgan fingerprint density at radius 1 is 1.27 bits per heavy atom. The first kappa shape index (κ1) is 20.2. The summed E-state index contributed by atoms with van der Waals surface area (Å²) in [6.45, 7) is 6.73. The smallest absolute Gasteiger partial charge is 0.410 e. The van der Waals surface area contributed by atoms with Gasteiger partial charge in [0.15, 0.2) is 6.54 Å². The fourth-order valence-electron chi connectivity index (χ4n) is 3.02. The molecule has 0 saturated carbocycles. The summed E-state index contributed by atoms with van der Waals surface area (Å²) in [6, 6.07) is 6.90. The SMILES string of the molecule is CCCC[N+]1(CC(=O)Nc2cccc(OC(=O)N(C)C)c2)CCOCC1. The maximum Gasteiger partial charge on any atom is 0.414 e. The topological polar surface area (TPSA) is 67.9 Å². The van der Waals surface area contributed by atoms with Crippen molar-refractivity contribution in [3.63, 3.8) is 0 Å². The summed E-state index contributed by atoms with van der Waals surface area (Å²) >= 11 is 0. The second-order valence-corrected chi connectivity index (χ2v) is 6.97. The van der Waals surface area contributed by atoms with Crippen molar-refractivity contribution in [2.75, 3.05) is 58.8 Å². The van der Waals surface area contributed by atoms with Crippen LogP contribution in [0.3, 0.4) is 0 Å². The van der Waals surface area contributed by atoms with Crippen molar-refractivity contribution in [3.05, 3.63) is 24.3 Å². The Bertz CT molecular complexity index is 613. The molecule has 26 heavy (non-hydrogen) atoms. The van der Waals surface area contributed by atoms with Gasteiger partial charge >= 0.3 is 6.09 Å². The lowest BCUT2D eigenvalue weighted by molar-refractivity contribution is -0.927. The van der Waals surface area contributed by atoms with Crippen molar-refractivity contribution in [1.82, 2.24) is 4.90 Å². The van der Waals surface area contributed by atoms with Crippen LogP contribution < -0.4 is 10.1 Å². The molecule has 1 aliphatic rings. The monoisotopic (exact) mass is 364 g/mol. The number of ether oxygens (including phenoxy) is 2. The Balaban J connectivity index is 1.98. The number of hydrogen-bond donors (Lipinski definition) is 1. The van der Waals surface area contributed by atoms with Crippen LogP contribution >= 0.6 is 0 Å². The van der Waals surface area contributed by atoms with Crippen LogP contribution in [0.15, 0.2) is 24.3 Å². The van der Waals surface area contributed by atoms with Crippen LogP contribution in [0.25, 0.3) is 0 Å². The van der Waals surface area contributed by atoms with Gasteiger partial charge in [-0.25, -0.2) is 4.79 Å². The number of morpholine rings is 1. The van der Waals surface area contributed by atoms with E-state index in [0.29, 0.717) is 31.2 Å². The van der Waals surface area contributed by atoms with Gasteiger partial charge in [-0.05, 0) is 18.6 Å². The van der Waals surface area contributed by atoms with E-state index in [1.807, 2.05) is 0 Å². The standard InChI is InChI=1S/C19H29N3O4/c1-4-5-9-22(10-12-25-13-11-22)15-18(23)20-16-7-6-8-17(14-16)26-19(24)21(2)3/h6-8,14H,4-5,9-13,15H2,1-3H3/p+1. The molecule has 2 amide bonds. The highest BCUT2D eigenvalue weighted by Crippen LogP contribution is 2.19. The predicted octanol–water partition coefficient (Wildman–Crippen LogP) is 2.33. The van der Waals surface area contributed by atoms with Crippen LogP contribution in [0.4, 0.5) is 10.5 Å². The van der Waals surface area contributed by atoms with E-state index in [1.54, 1.807) is 38.4 Å². The van der Waals surface area contributed by atoms with Crippen molar-refractivity contribution in [1.29, 1.82) is 0 Å². The molecule has 0 atom stereocenters. The molecule has 0 spiro atoms. The van der Waals surface area contributed by atoms with Gasteiger partial charge in [0.1, 0.15) is 18.8 Å². The Morgan fingerprint density at radius 3 is 2.65 bits per heavy atom. The van der Waals surface area contributed by atoms with E-state index in [9.17, 15) is 9.59 Å². The highest BCUT2D eigenvalue weighted by molar-refractivity contribution is 5.91. The van der Waals surface area contributed by atoms with Gasteiger partial charge in [0.2, 0.25) is 0 Å². The van der Waals surface area contributed by atoms with Crippen LogP contribution in [0.5, 0.6) is 5.75 Å². The van der Waals surface area contributed by atoms with E-state index in [2.05, 4.69) is 12.2 Å². The van der Waals surface area contributed by atoms with Crippen LogP contribution in [0.1, 0.15) is 19.8 Å². The second kappa shape index (κ2) is 9.54. The minimum absolute atomic E-state index is 0.0286. The maximum absolute atomic E-state index is 12.6. The number of carbonyl (C=O) groups is 2. The van der Waals surface area contributed by atoms with Crippen molar-refractivity contribution < 1.29 is 23.5 Å². The summed E-state index contributed by atoms with van der Waals surface area (Å²) in [5, 5.41) is 2.93. The van der Waals surface area contributed by atoms with Crippen molar-refractivity contribution in [3.8, 4) is 5.75 Å². The van der Waals surface area contributed by atoms with E-state index in [1.165, 1.54) is 4.90 Å². The molecule has 1 aromatic carbocycles. The molecule has 1 N–H and O–H groups in total. The molecule has 0 aliphatic carbocycles. The van der Waals surface area contributed by atoms with Crippen molar-refractivity contribution >= 4 is 17.7 Å². The zero-order valence-electron chi connectivity index (χ0n) is 16.0. The number of amides is 2. The first-order chi connectivity index (χ1) is 12.4. The number of nitrogens with zero attached hydrogens (tertiary/aromatic N) is 2. The van der Waals surface area contributed by atoms with Gasteiger partial charge in [0, 0.05) is 25.8 Å². The molecule has 1 saturated heterocycles. The third kappa shape index (κ3) is 6.00. The van der Waals surface area contributed by atoms with Gasteiger partial charge in [0.25, 0.3) is 5.91 Å². The Labute approximate surface area is 155 Å². The number of carbonyl (C=O) groups excluding carboxylic acids is 2. The summed E-state index contributed by atoms with van der Waals surface area (Å²) in [7, 11) is 3.24. The molecule has 0 aromatic heterocycles. The average Bonchev–Trinajstić information content (AvgIpc) is 2.61. The summed E-state index contributed by atoms with van der Waals surface area (Å²) in [6.07, 6.45) is 1.76. The summed E-state index contributed by atoms with van der Waals surface area (Å²) < 4.78 is 11.5. The molecule has 1 aromatic rings. The molecule has 0 bridgehead atoms. The minimum atomic E-state index is -0.453. The lowest BCUT2D eigenvalue weighted by atomic mass is 10.2. The van der Waals surface area contributed by atoms with Crippen LogP contribution in [0.2, 0.25) is 0 Å². The second-order valence-electron chi connectivity index (χ2n) is 6.97. The fourth-order valence-corrected chi connectivity index (χ4v) is 3.02. The predicted molar refractivity (Wildman–Crippen MR) is 100 cm³/mol. The van der Waals surface area contributed by atoms with Gasteiger partial charge < -0.3 is 24.2 Å². The third-order valence-electron chi connectivity index (χ3n) is 4.57. The van der Waals surface area contributed by atoms with E-state index in [0.717, 1.165) is 37.0 Å². The molecule has 144 valence electrons. The lowest BCUT2D eigenvalue weighted by Gasteiger charge is -2.40. The van der Waals surface area contributed by atoms with E-state index < -0.39 is 6.09 Å². The Kier molecular flexibility index (Phi) is 7.41. The number of rotatable bonds is 7. The Morgan fingerprint density at radius 2 is 2.00 bits per heavy atom. The zero-order valence-corrected chi connectivity index (χ0v) is 16.0. The largest absolute Gasteiger partial charge is 0.414 e. The van der Waals surface area contributed by atoms with E-state index in [4.69, 9.17) is 9.47 Å². The number of nitrogens with one attached hydrogen (secondary N) is 1. The zero-order chi connectivity index (χ0) is 19.0. The molecule has 1 heterocycles. The first-order valence-electron chi connectivity index (χ1n) is 9.16. The fraction of sp³-hybridized carbons (Fsp3) is 0.579. The highest BCUT2D eigenvalue weighted by Gasteiger charge is 2.32. The quantitative estimate of drug-likeness (QED) is 0.754. The molecular weight excluding hydrogens is 334 g/mol. The van der Waals surface area contributed by atoms with Crippen molar-refractivity contribution in [2.24, 2.45) is 0 Å². The number of quaternary nitrogens is 1. The van der Waals surface area contributed by atoms with Gasteiger partial charge in [-0.15, -0.1) is 0 Å². The third-order valence-corrected chi connectivity index (χ3v) is 4.57. The average molecular weight is 364 g/mol. The van der Waals surface area contributed by atoms with Gasteiger partial charge in [-0.2, -0.15) is 0 Å². The first-order valence-corrected chi connectivity index (χ1v) is 9.16. The molecule has 7 heteroatoms. The van der Waals surface area contributed by atoms with Crippen molar-refractivity contribution in [2.45, 2.75) is 19.8 Å². The molecule has 1 aliphatic heterocycles. The normalized spacial score (nSPS) is 16.0. The van der Waals surface area contributed by atoms with Crippen LogP contribution in [-0.2, 0) is 9.53 Å². The Hall–Kier alpha value is -2.12. The van der Waals surface area contributed by atoms with Gasteiger partial charge in [0.05, 0.1) is 19.8 Å². The summed E-state index contributed by atoms with van der Waals surface area (Å²) in [5.41, 5.74) is 0.626. The number of hydrogen-bond acceptors (Lipinski definition) is 4. The number of unbranched alkanes of at least 4 members (excludes halogenated alkanes) is 1. The molecular formula is C19H30N3O4+. The number of anilines is 1. The highest BCUT2D eigenvalue weighted by atomic mass is 16.6. The van der Waals surface area contributed by atoms with Gasteiger partial charge in [-0.3, -0.25) is 4.79 Å². The van der Waals surface area contributed by atoms with Crippen LogP contribution in [-0.4, -0.2) is 74.9 Å². The number of benzene rings is 1. The molecule has 2 rings (SSSR count). The molecule has 1 fully saturated rings. The molecule has 0 radical (unpaired) electrons. The molecule has 7 nitrogen and oxygen atoms in total. The van der Waals surface area contributed by atoms with Gasteiger partial charge in [-0.1, -0.05) is 19.4 Å². The van der Waals surface area contributed by atoms with Crippen LogP contribution in [0, 0.1) is 0 Å². The van der Waals surface area contributed by atoms with E-state index in [-0.39, 0.29) is 5.91 Å². The molecule has 0 unspecified atom stereocenters. The summed E-state index contributed by atoms with van der Waals surface area (Å²) in [5.74, 6) is 0.377. The maximum atomic E-state index is 12.6. The lowest BCUT2D eigenvalue weighted by Crippen LogP contribution is -2.58. The minimum Gasteiger partial charge on any atom is -0.410 e. The summed E-state index contributed by atoms with van der Waals surface area (Å²) in [4.78, 5) is 25.6.